The second kappa shape index (κ2) is 6.35. The number of thioether (sulfide) groups is 1. The Balaban J connectivity index is 2.21. The number of benzene rings is 1. The van der Waals surface area contributed by atoms with Gasteiger partial charge in [0, 0.05) is 37.1 Å². The lowest BCUT2D eigenvalue weighted by atomic mass is 10.3. The zero-order valence-corrected chi connectivity index (χ0v) is 14.0. The molecule has 2 N–H and O–H groups in total. The largest absolute Gasteiger partial charge is 0.398 e. The van der Waals surface area contributed by atoms with Gasteiger partial charge >= 0.3 is 0 Å². The normalized spacial score (nSPS) is 10.7. The number of halogens is 3. The third-order valence-electron chi connectivity index (χ3n) is 2.50. The Kier molecular flexibility index (Phi) is 5.01. The van der Waals surface area contributed by atoms with Crippen LogP contribution in [0.15, 0.2) is 33.6 Å². The Labute approximate surface area is 134 Å². The summed E-state index contributed by atoms with van der Waals surface area (Å²) in [6.07, 6.45) is 0. The molecule has 0 fully saturated rings. The average Bonchev–Trinajstić information content (AvgIpc) is 2.32. The molecular formula is C13H11BrCl2N2S. The van der Waals surface area contributed by atoms with Gasteiger partial charge in [-0.3, -0.25) is 0 Å². The number of nitrogen functional groups attached to an aromatic ring is 1. The summed E-state index contributed by atoms with van der Waals surface area (Å²) in [7, 11) is 0. The molecule has 0 radical (unpaired) electrons. The van der Waals surface area contributed by atoms with Crippen LogP contribution in [0.2, 0.25) is 10.2 Å². The molecule has 0 aliphatic carbocycles. The van der Waals surface area contributed by atoms with Crippen molar-refractivity contribution in [3.8, 4) is 0 Å². The molecule has 0 aliphatic heterocycles. The summed E-state index contributed by atoms with van der Waals surface area (Å²) in [5, 5.41) is 1.09. The van der Waals surface area contributed by atoms with E-state index in [2.05, 4.69) is 20.9 Å². The fourth-order valence-corrected chi connectivity index (χ4v) is 3.91. The Morgan fingerprint density at radius 1 is 1.32 bits per heavy atom. The van der Waals surface area contributed by atoms with Gasteiger partial charge in [0.2, 0.25) is 0 Å². The van der Waals surface area contributed by atoms with Gasteiger partial charge < -0.3 is 5.73 Å². The molecule has 0 atom stereocenters. The molecule has 0 saturated heterocycles. The van der Waals surface area contributed by atoms with Crippen LogP contribution in [0, 0.1) is 6.92 Å². The minimum Gasteiger partial charge on any atom is -0.398 e. The highest BCUT2D eigenvalue weighted by Crippen LogP contribution is 2.34. The minimum atomic E-state index is 0.450. The third kappa shape index (κ3) is 3.78. The number of hydrogen-bond acceptors (Lipinski definition) is 3. The third-order valence-corrected chi connectivity index (χ3v) is 4.74. The van der Waals surface area contributed by atoms with E-state index in [9.17, 15) is 0 Å². The molecule has 0 saturated carbocycles. The molecule has 0 amide bonds. The van der Waals surface area contributed by atoms with Crippen LogP contribution in [0.5, 0.6) is 0 Å². The molecule has 0 aliphatic rings. The van der Waals surface area contributed by atoms with E-state index in [1.54, 1.807) is 11.8 Å². The second-order valence-electron chi connectivity index (χ2n) is 3.99. The average molecular weight is 378 g/mol. The fraction of sp³-hybridized carbons (Fsp3) is 0.154. The number of aromatic nitrogens is 1. The molecule has 0 bridgehead atoms. The van der Waals surface area contributed by atoms with Crippen LogP contribution in [0.4, 0.5) is 5.69 Å². The molecule has 1 heterocycles. The predicted octanol–water partition coefficient (Wildman–Crippen LogP) is 5.33. The number of pyridine rings is 1. The molecular weight excluding hydrogens is 367 g/mol. The maximum atomic E-state index is 6.19. The minimum absolute atomic E-state index is 0.450. The standard InChI is InChI=1S/C13H11BrCl2N2S/c1-7-4-10(15)9(13(16)18-7)6-19-12-5-8(14)2-3-11(12)17/h2-5H,6,17H2,1H3. The lowest BCUT2D eigenvalue weighted by Gasteiger charge is -2.09. The second-order valence-corrected chi connectivity index (χ2v) is 6.68. The maximum Gasteiger partial charge on any atom is 0.134 e. The molecule has 19 heavy (non-hydrogen) atoms. The van der Waals surface area contributed by atoms with Gasteiger partial charge in [-0.25, -0.2) is 4.98 Å². The molecule has 0 spiro atoms. The Hall–Kier alpha value is -0.420. The van der Waals surface area contributed by atoms with Gasteiger partial charge in [0.15, 0.2) is 0 Å². The fourth-order valence-electron chi connectivity index (χ4n) is 1.54. The Bertz CT molecular complexity index is 597. The summed E-state index contributed by atoms with van der Waals surface area (Å²) >= 11 is 17.3. The Morgan fingerprint density at radius 3 is 2.74 bits per heavy atom. The zero-order chi connectivity index (χ0) is 14.0. The first-order valence-electron chi connectivity index (χ1n) is 5.46. The summed E-state index contributed by atoms with van der Waals surface area (Å²) in [5.74, 6) is 0.631. The number of rotatable bonds is 3. The number of nitrogens with zero attached hydrogens (tertiary/aromatic N) is 1. The molecule has 1 aromatic carbocycles. The van der Waals surface area contributed by atoms with E-state index < -0.39 is 0 Å². The maximum absolute atomic E-state index is 6.19. The van der Waals surface area contributed by atoms with E-state index in [-0.39, 0.29) is 0 Å². The van der Waals surface area contributed by atoms with Gasteiger partial charge in [-0.2, -0.15) is 0 Å². The van der Waals surface area contributed by atoms with Crippen molar-refractivity contribution in [1.29, 1.82) is 0 Å². The van der Waals surface area contributed by atoms with Crippen molar-refractivity contribution in [3.63, 3.8) is 0 Å². The van der Waals surface area contributed by atoms with Gasteiger partial charge in [0.25, 0.3) is 0 Å². The van der Waals surface area contributed by atoms with E-state index >= 15 is 0 Å². The topological polar surface area (TPSA) is 38.9 Å². The highest BCUT2D eigenvalue weighted by atomic mass is 79.9. The van der Waals surface area contributed by atoms with E-state index in [1.165, 1.54) is 0 Å². The van der Waals surface area contributed by atoms with Crippen molar-refractivity contribution < 1.29 is 0 Å². The van der Waals surface area contributed by atoms with Gasteiger partial charge in [0.05, 0.1) is 0 Å². The summed E-state index contributed by atoms with van der Waals surface area (Å²) in [5.41, 5.74) is 8.31. The highest BCUT2D eigenvalue weighted by molar-refractivity contribution is 9.10. The van der Waals surface area contributed by atoms with Gasteiger partial charge in [-0.1, -0.05) is 39.1 Å². The van der Waals surface area contributed by atoms with Crippen molar-refractivity contribution in [1.82, 2.24) is 4.98 Å². The summed E-state index contributed by atoms with van der Waals surface area (Å²) in [6, 6.07) is 7.56. The molecule has 6 heteroatoms. The van der Waals surface area contributed by atoms with Crippen molar-refractivity contribution in [2.45, 2.75) is 17.6 Å². The van der Waals surface area contributed by atoms with Crippen molar-refractivity contribution in [2.24, 2.45) is 0 Å². The highest BCUT2D eigenvalue weighted by Gasteiger charge is 2.10. The van der Waals surface area contributed by atoms with Gasteiger partial charge in [0.1, 0.15) is 5.15 Å². The number of anilines is 1. The Morgan fingerprint density at radius 2 is 2.05 bits per heavy atom. The number of nitrogens with two attached hydrogens (primary N) is 1. The first-order valence-corrected chi connectivity index (χ1v) is 8.00. The van der Waals surface area contributed by atoms with Crippen LogP contribution in [-0.4, -0.2) is 4.98 Å². The monoisotopic (exact) mass is 376 g/mol. The van der Waals surface area contributed by atoms with Crippen LogP contribution < -0.4 is 5.73 Å². The van der Waals surface area contributed by atoms with Crippen LogP contribution >= 0.6 is 50.9 Å². The van der Waals surface area contributed by atoms with Crippen LogP contribution in [0.25, 0.3) is 0 Å². The SMILES string of the molecule is Cc1cc(Cl)c(CSc2cc(Br)ccc2N)c(Cl)n1. The van der Waals surface area contributed by atoms with Crippen molar-refractivity contribution >= 4 is 56.6 Å². The van der Waals surface area contributed by atoms with Gasteiger partial charge in [-0.05, 0) is 31.2 Å². The summed E-state index contributed by atoms with van der Waals surface area (Å²) in [6.45, 7) is 1.86. The first-order chi connectivity index (χ1) is 8.97. The molecule has 1 aromatic heterocycles. The summed E-state index contributed by atoms with van der Waals surface area (Å²) < 4.78 is 0.989. The molecule has 100 valence electrons. The van der Waals surface area contributed by atoms with Crippen molar-refractivity contribution in [2.75, 3.05) is 5.73 Å². The van der Waals surface area contributed by atoms with Gasteiger partial charge in [-0.15, -0.1) is 11.8 Å². The predicted molar refractivity (Wildman–Crippen MR) is 87.1 cm³/mol. The number of hydrogen-bond donors (Lipinski definition) is 1. The van der Waals surface area contributed by atoms with E-state index in [1.807, 2.05) is 31.2 Å². The van der Waals surface area contributed by atoms with Crippen LogP contribution in [0.3, 0.4) is 0 Å². The summed E-state index contributed by atoms with van der Waals surface area (Å²) in [4.78, 5) is 5.20. The molecule has 2 nitrogen and oxygen atoms in total. The lowest BCUT2D eigenvalue weighted by molar-refractivity contribution is 1.16. The lowest BCUT2D eigenvalue weighted by Crippen LogP contribution is -1.93. The quantitative estimate of drug-likeness (QED) is 0.446. The van der Waals surface area contributed by atoms with E-state index in [0.717, 1.165) is 26.3 Å². The number of aryl methyl sites for hydroxylation is 1. The molecule has 2 aromatic rings. The van der Waals surface area contributed by atoms with E-state index in [0.29, 0.717) is 15.9 Å². The molecule has 2 rings (SSSR count). The molecule has 0 unspecified atom stereocenters. The smallest absolute Gasteiger partial charge is 0.134 e. The van der Waals surface area contributed by atoms with E-state index in [4.69, 9.17) is 28.9 Å². The van der Waals surface area contributed by atoms with Crippen molar-refractivity contribution in [3.05, 3.63) is 50.2 Å². The van der Waals surface area contributed by atoms with Crippen LogP contribution in [-0.2, 0) is 5.75 Å². The first kappa shape index (κ1) is 15.0. The van der Waals surface area contributed by atoms with Crippen LogP contribution in [0.1, 0.15) is 11.3 Å². The zero-order valence-electron chi connectivity index (χ0n) is 10.1.